The Bertz CT molecular complexity index is 352. The van der Waals surface area contributed by atoms with Gasteiger partial charge >= 0.3 is 0 Å². The summed E-state index contributed by atoms with van der Waals surface area (Å²) in [6, 6.07) is 0. The van der Waals surface area contributed by atoms with Crippen molar-refractivity contribution in [2.45, 2.75) is 6.92 Å². The molecule has 0 aromatic carbocycles. The molecule has 0 radical (unpaired) electrons. The Morgan fingerprint density at radius 1 is 1.64 bits per heavy atom. The minimum absolute atomic E-state index is 0.134. The molecule has 1 amide bonds. The normalized spacial score (nSPS) is 15.0. The van der Waals surface area contributed by atoms with E-state index in [-0.39, 0.29) is 11.5 Å². The summed E-state index contributed by atoms with van der Waals surface area (Å²) in [5.41, 5.74) is 2.21. The van der Waals surface area contributed by atoms with Crippen LogP contribution in [0.1, 0.15) is 11.6 Å². The van der Waals surface area contributed by atoms with Crippen LogP contribution in [0.25, 0.3) is 0 Å². The summed E-state index contributed by atoms with van der Waals surface area (Å²) >= 11 is 0. The smallest absolute Gasteiger partial charge is 0.292 e. The molecule has 1 aromatic rings. The summed E-state index contributed by atoms with van der Waals surface area (Å²) in [5.74, 6) is 0.372. The molecule has 0 spiro atoms. The van der Waals surface area contributed by atoms with Crippen molar-refractivity contribution in [1.82, 2.24) is 14.9 Å². The Labute approximate surface area is 61.7 Å². The molecular weight excluding hydrogens is 146 g/mol. The molecule has 0 aliphatic carbocycles. The molecule has 0 saturated carbocycles. The van der Waals surface area contributed by atoms with Gasteiger partial charge in [0.2, 0.25) is 5.82 Å². The van der Waals surface area contributed by atoms with E-state index in [1.165, 1.54) is 4.79 Å². The van der Waals surface area contributed by atoms with Crippen LogP contribution in [0.2, 0.25) is 0 Å². The number of aromatic nitrogens is 3. The van der Waals surface area contributed by atoms with Crippen LogP contribution in [0.4, 0.5) is 0 Å². The average Bonchev–Trinajstić information content (AvgIpc) is 2.37. The van der Waals surface area contributed by atoms with Gasteiger partial charge in [-0.2, -0.15) is 0 Å². The summed E-state index contributed by atoms with van der Waals surface area (Å²) in [5, 5.41) is 11.0. The van der Waals surface area contributed by atoms with Crippen LogP contribution >= 0.6 is 0 Å². The first kappa shape index (κ1) is 6.02. The zero-order valence-corrected chi connectivity index (χ0v) is 5.75. The van der Waals surface area contributed by atoms with Gasteiger partial charge in [-0.1, -0.05) is 0 Å². The molecule has 0 bridgehead atoms. The van der Waals surface area contributed by atoms with Gasteiger partial charge in [-0.25, -0.2) is 10.4 Å². The van der Waals surface area contributed by atoms with Crippen molar-refractivity contribution >= 4 is 11.6 Å². The summed E-state index contributed by atoms with van der Waals surface area (Å²) in [6.45, 7) is 1.70. The standard InChI is InChI=1S/C5H5N5O/c1-2-7-4-3(6)5(11)9-10(4)8-2/h6H,1H3,(H,9,11). The largest absolute Gasteiger partial charge is 0.293 e. The average molecular weight is 151 g/mol. The first-order chi connectivity index (χ1) is 5.18. The molecule has 0 fully saturated rings. The molecule has 6 nitrogen and oxygen atoms in total. The lowest BCUT2D eigenvalue weighted by atomic mass is 10.4. The highest BCUT2D eigenvalue weighted by atomic mass is 16.2. The lowest BCUT2D eigenvalue weighted by Gasteiger charge is -1.89. The lowest BCUT2D eigenvalue weighted by molar-refractivity contribution is -0.110. The molecule has 2 heterocycles. The second-order valence-corrected chi connectivity index (χ2v) is 2.21. The maximum Gasteiger partial charge on any atom is 0.293 e. The summed E-state index contributed by atoms with van der Waals surface area (Å²) < 4.78 is 0. The molecule has 1 aliphatic rings. The number of hydrogen-bond acceptors (Lipinski definition) is 4. The van der Waals surface area contributed by atoms with Gasteiger partial charge in [0.15, 0.2) is 5.71 Å². The Morgan fingerprint density at radius 2 is 2.36 bits per heavy atom. The molecule has 0 unspecified atom stereocenters. The summed E-state index contributed by atoms with van der Waals surface area (Å²) in [6.07, 6.45) is 0. The predicted octanol–water partition coefficient (Wildman–Crippen LogP) is -0.962. The minimum atomic E-state index is -0.458. The molecule has 0 atom stereocenters. The van der Waals surface area contributed by atoms with Crippen molar-refractivity contribution in [3.05, 3.63) is 11.6 Å². The summed E-state index contributed by atoms with van der Waals surface area (Å²) in [7, 11) is 0. The second kappa shape index (κ2) is 1.66. The van der Waals surface area contributed by atoms with Crippen LogP contribution in [-0.4, -0.2) is 26.5 Å². The van der Waals surface area contributed by atoms with Gasteiger partial charge < -0.3 is 0 Å². The third kappa shape index (κ3) is 0.658. The highest BCUT2D eigenvalue weighted by Gasteiger charge is 2.27. The SMILES string of the molecule is Cc1nc2n(n1)NC(=O)C2=N. The summed E-state index contributed by atoms with van der Waals surface area (Å²) in [4.78, 5) is 15.8. The van der Waals surface area contributed by atoms with Gasteiger partial charge in [-0.15, -0.1) is 9.89 Å². The van der Waals surface area contributed by atoms with Crippen LogP contribution in [0.15, 0.2) is 0 Å². The number of aryl methyl sites for hydroxylation is 1. The number of amides is 1. The van der Waals surface area contributed by atoms with Crippen molar-refractivity contribution in [1.29, 1.82) is 5.41 Å². The zero-order chi connectivity index (χ0) is 8.01. The predicted molar refractivity (Wildman–Crippen MR) is 36.0 cm³/mol. The van der Waals surface area contributed by atoms with E-state index in [4.69, 9.17) is 5.41 Å². The van der Waals surface area contributed by atoms with Crippen LogP contribution in [0.3, 0.4) is 0 Å². The molecule has 0 saturated heterocycles. The van der Waals surface area contributed by atoms with Gasteiger partial charge in [0, 0.05) is 0 Å². The number of nitrogens with one attached hydrogen (secondary N) is 2. The van der Waals surface area contributed by atoms with Gasteiger partial charge in [0.25, 0.3) is 5.91 Å². The van der Waals surface area contributed by atoms with E-state index >= 15 is 0 Å². The fourth-order valence-corrected chi connectivity index (χ4v) is 0.908. The quantitative estimate of drug-likeness (QED) is 0.500. The van der Waals surface area contributed by atoms with Crippen molar-refractivity contribution < 1.29 is 4.79 Å². The van der Waals surface area contributed by atoms with Crippen molar-refractivity contribution in [2.75, 3.05) is 5.43 Å². The third-order valence-electron chi connectivity index (χ3n) is 1.37. The van der Waals surface area contributed by atoms with E-state index in [0.29, 0.717) is 5.82 Å². The van der Waals surface area contributed by atoms with E-state index in [9.17, 15) is 4.79 Å². The molecule has 6 heteroatoms. The zero-order valence-electron chi connectivity index (χ0n) is 5.75. The van der Waals surface area contributed by atoms with Crippen molar-refractivity contribution in [3.63, 3.8) is 0 Å². The van der Waals surface area contributed by atoms with Gasteiger partial charge in [0.1, 0.15) is 5.82 Å². The monoisotopic (exact) mass is 151 g/mol. The molecule has 2 rings (SSSR count). The fourth-order valence-electron chi connectivity index (χ4n) is 0.908. The Kier molecular flexibility index (Phi) is 0.906. The highest BCUT2D eigenvalue weighted by Crippen LogP contribution is 2.03. The molecule has 56 valence electrons. The Hall–Kier alpha value is -1.72. The van der Waals surface area contributed by atoms with Gasteiger partial charge in [-0.05, 0) is 6.92 Å². The molecule has 2 N–H and O–H groups in total. The maximum absolute atomic E-state index is 10.8. The number of rotatable bonds is 0. The topological polar surface area (TPSA) is 83.7 Å². The molecule has 1 aromatic heterocycles. The van der Waals surface area contributed by atoms with E-state index in [1.54, 1.807) is 6.92 Å². The van der Waals surface area contributed by atoms with E-state index in [2.05, 4.69) is 15.5 Å². The van der Waals surface area contributed by atoms with Crippen LogP contribution in [0, 0.1) is 12.3 Å². The van der Waals surface area contributed by atoms with Crippen LogP contribution in [-0.2, 0) is 4.79 Å². The lowest BCUT2D eigenvalue weighted by Crippen LogP contribution is -2.18. The van der Waals surface area contributed by atoms with Crippen molar-refractivity contribution in [3.8, 4) is 0 Å². The minimum Gasteiger partial charge on any atom is -0.292 e. The highest BCUT2D eigenvalue weighted by molar-refractivity contribution is 6.47. The number of carbonyl (C=O) groups excluding carboxylic acids is 1. The first-order valence-electron chi connectivity index (χ1n) is 3.02. The number of hydrogen-bond donors (Lipinski definition) is 2. The molecule has 11 heavy (non-hydrogen) atoms. The number of carbonyl (C=O) groups is 1. The van der Waals surface area contributed by atoms with E-state index in [1.807, 2.05) is 0 Å². The molecular formula is C5H5N5O. The van der Waals surface area contributed by atoms with Crippen LogP contribution < -0.4 is 5.43 Å². The Morgan fingerprint density at radius 3 is 3.00 bits per heavy atom. The number of nitrogens with zero attached hydrogens (tertiary/aromatic N) is 3. The van der Waals surface area contributed by atoms with Gasteiger partial charge in [-0.3, -0.25) is 10.2 Å². The van der Waals surface area contributed by atoms with Gasteiger partial charge in [0.05, 0.1) is 0 Å². The first-order valence-corrected chi connectivity index (χ1v) is 3.02. The second-order valence-electron chi connectivity index (χ2n) is 2.21. The third-order valence-corrected chi connectivity index (χ3v) is 1.37. The fraction of sp³-hybridized carbons (Fsp3) is 0.200. The van der Waals surface area contributed by atoms with Crippen molar-refractivity contribution in [2.24, 2.45) is 0 Å². The number of fused-ring (bicyclic) bond motifs is 1. The van der Waals surface area contributed by atoms with E-state index in [0.717, 1.165) is 0 Å². The molecule has 1 aliphatic heterocycles. The Balaban J connectivity index is 2.60. The maximum atomic E-state index is 10.8. The van der Waals surface area contributed by atoms with Crippen LogP contribution in [0.5, 0.6) is 0 Å². The van der Waals surface area contributed by atoms with E-state index < -0.39 is 5.91 Å².